The topological polar surface area (TPSA) is 41.5 Å². The van der Waals surface area contributed by atoms with Crippen LogP contribution in [0.25, 0.3) is 0 Å². The van der Waals surface area contributed by atoms with Gasteiger partial charge in [0.15, 0.2) is 0 Å². The summed E-state index contributed by atoms with van der Waals surface area (Å²) in [5, 5.41) is 13.8. The highest BCUT2D eigenvalue weighted by Gasteiger charge is 2.33. The highest BCUT2D eigenvalue weighted by molar-refractivity contribution is 5.19. The lowest BCUT2D eigenvalue weighted by molar-refractivity contribution is 0.0235. The van der Waals surface area contributed by atoms with Crippen LogP contribution in [0.2, 0.25) is 0 Å². The second-order valence-corrected chi connectivity index (χ2v) is 5.54. The van der Waals surface area contributed by atoms with Gasteiger partial charge in [-0.3, -0.25) is 0 Å². The average molecular weight is 249 g/mol. The molecule has 0 radical (unpaired) electrons. The number of ether oxygens (including phenoxy) is 1. The summed E-state index contributed by atoms with van der Waals surface area (Å²) in [7, 11) is 0. The lowest BCUT2D eigenvalue weighted by atomic mass is 9.94. The zero-order chi connectivity index (χ0) is 13.0. The first-order valence-corrected chi connectivity index (χ1v) is 6.69. The molecule has 3 heteroatoms. The van der Waals surface area contributed by atoms with Crippen LogP contribution in [-0.2, 0) is 4.74 Å². The van der Waals surface area contributed by atoms with Crippen LogP contribution in [0.4, 0.5) is 0 Å². The molecule has 1 saturated heterocycles. The van der Waals surface area contributed by atoms with Gasteiger partial charge in [-0.05, 0) is 11.5 Å². The van der Waals surface area contributed by atoms with Gasteiger partial charge in [-0.1, -0.05) is 44.2 Å². The number of hydrogen-bond acceptors (Lipinski definition) is 3. The summed E-state index contributed by atoms with van der Waals surface area (Å²) in [6.07, 6.45) is 0.722. The number of nitrogens with one attached hydrogen (secondary N) is 1. The zero-order valence-corrected chi connectivity index (χ0v) is 11.2. The van der Waals surface area contributed by atoms with Crippen LogP contribution in [0.3, 0.4) is 0 Å². The molecule has 18 heavy (non-hydrogen) atoms. The summed E-state index contributed by atoms with van der Waals surface area (Å²) in [6.45, 7) is 6.08. The summed E-state index contributed by atoms with van der Waals surface area (Å²) >= 11 is 0. The molecule has 0 aromatic heterocycles. The van der Waals surface area contributed by atoms with Crippen molar-refractivity contribution < 1.29 is 9.84 Å². The highest BCUT2D eigenvalue weighted by atomic mass is 16.5. The molecule has 2 atom stereocenters. The highest BCUT2D eigenvalue weighted by Crippen LogP contribution is 2.24. The monoisotopic (exact) mass is 249 g/mol. The van der Waals surface area contributed by atoms with Gasteiger partial charge in [0.25, 0.3) is 0 Å². The molecule has 2 rings (SSSR count). The third-order valence-electron chi connectivity index (χ3n) is 3.56. The number of benzene rings is 1. The number of hydrogen-bond donors (Lipinski definition) is 2. The molecule has 3 nitrogen and oxygen atoms in total. The van der Waals surface area contributed by atoms with E-state index < -0.39 is 5.60 Å². The van der Waals surface area contributed by atoms with Crippen molar-refractivity contribution in [2.45, 2.75) is 31.9 Å². The molecule has 0 bridgehead atoms. The quantitative estimate of drug-likeness (QED) is 0.840. The SMILES string of the molecule is CC(C)C(NCC1(O)CCOC1)c1ccccc1. The maximum absolute atomic E-state index is 10.3. The minimum atomic E-state index is -0.693. The molecule has 2 N–H and O–H groups in total. The van der Waals surface area contributed by atoms with Crippen molar-refractivity contribution in [1.29, 1.82) is 0 Å². The van der Waals surface area contributed by atoms with E-state index in [0.717, 1.165) is 6.42 Å². The van der Waals surface area contributed by atoms with Crippen LogP contribution >= 0.6 is 0 Å². The van der Waals surface area contributed by atoms with Crippen LogP contribution in [0, 0.1) is 5.92 Å². The smallest absolute Gasteiger partial charge is 0.103 e. The molecule has 0 amide bonds. The van der Waals surface area contributed by atoms with E-state index in [1.54, 1.807) is 0 Å². The Balaban J connectivity index is 1.99. The van der Waals surface area contributed by atoms with E-state index in [9.17, 15) is 5.11 Å². The summed E-state index contributed by atoms with van der Waals surface area (Å²) in [5.41, 5.74) is 0.581. The molecule has 100 valence electrons. The van der Waals surface area contributed by atoms with Crippen molar-refractivity contribution in [3.63, 3.8) is 0 Å². The van der Waals surface area contributed by atoms with Gasteiger partial charge in [-0.25, -0.2) is 0 Å². The van der Waals surface area contributed by atoms with E-state index in [2.05, 4.69) is 43.4 Å². The van der Waals surface area contributed by atoms with Crippen molar-refractivity contribution in [1.82, 2.24) is 5.32 Å². The second-order valence-electron chi connectivity index (χ2n) is 5.54. The Morgan fingerprint density at radius 2 is 2.06 bits per heavy atom. The average Bonchev–Trinajstić information content (AvgIpc) is 2.78. The fourth-order valence-corrected chi connectivity index (χ4v) is 2.43. The number of aliphatic hydroxyl groups is 1. The summed E-state index contributed by atoms with van der Waals surface area (Å²) in [6, 6.07) is 10.7. The Labute approximate surface area is 109 Å². The minimum Gasteiger partial charge on any atom is -0.386 e. The third kappa shape index (κ3) is 3.31. The molecular formula is C15H23NO2. The Kier molecular flexibility index (Phi) is 4.38. The lowest BCUT2D eigenvalue weighted by Crippen LogP contribution is -2.43. The van der Waals surface area contributed by atoms with Crippen molar-refractivity contribution in [3.8, 4) is 0 Å². The van der Waals surface area contributed by atoms with E-state index in [1.807, 2.05) is 6.07 Å². The maximum atomic E-state index is 10.3. The third-order valence-corrected chi connectivity index (χ3v) is 3.56. The normalized spacial score (nSPS) is 25.6. The van der Waals surface area contributed by atoms with Gasteiger partial charge in [0.05, 0.1) is 6.61 Å². The molecule has 0 aliphatic carbocycles. The van der Waals surface area contributed by atoms with Gasteiger partial charge >= 0.3 is 0 Å². The molecule has 1 heterocycles. The van der Waals surface area contributed by atoms with E-state index >= 15 is 0 Å². The Bertz CT molecular complexity index is 358. The van der Waals surface area contributed by atoms with Gasteiger partial charge in [0.2, 0.25) is 0 Å². The molecule has 1 fully saturated rings. The van der Waals surface area contributed by atoms with Crippen LogP contribution in [-0.4, -0.2) is 30.5 Å². The largest absolute Gasteiger partial charge is 0.386 e. The summed E-state index contributed by atoms with van der Waals surface area (Å²) in [4.78, 5) is 0. The first kappa shape index (κ1) is 13.5. The molecule has 0 spiro atoms. The standard InChI is InChI=1S/C15H23NO2/c1-12(2)14(13-6-4-3-5-7-13)16-10-15(17)8-9-18-11-15/h3-7,12,14,16-17H,8-11H2,1-2H3. The van der Waals surface area contributed by atoms with Crippen molar-refractivity contribution >= 4 is 0 Å². The fraction of sp³-hybridized carbons (Fsp3) is 0.600. The van der Waals surface area contributed by atoms with Crippen molar-refractivity contribution in [3.05, 3.63) is 35.9 Å². The van der Waals surface area contributed by atoms with E-state index in [4.69, 9.17) is 4.74 Å². The number of rotatable bonds is 5. The summed E-state index contributed by atoms with van der Waals surface area (Å²) < 4.78 is 5.27. The first-order chi connectivity index (χ1) is 8.61. The lowest BCUT2D eigenvalue weighted by Gasteiger charge is -2.28. The molecule has 0 saturated carbocycles. The Hall–Kier alpha value is -0.900. The predicted octanol–water partition coefficient (Wildman–Crippen LogP) is 2.12. The van der Waals surface area contributed by atoms with Crippen molar-refractivity contribution in [2.24, 2.45) is 5.92 Å². The van der Waals surface area contributed by atoms with E-state index in [0.29, 0.717) is 25.7 Å². The minimum absolute atomic E-state index is 0.274. The maximum Gasteiger partial charge on any atom is 0.103 e. The summed E-state index contributed by atoms with van der Waals surface area (Å²) in [5.74, 6) is 0.485. The molecule has 1 aromatic rings. The van der Waals surface area contributed by atoms with Gasteiger partial charge in [-0.15, -0.1) is 0 Å². The second kappa shape index (κ2) is 5.83. The fourth-order valence-electron chi connectivity index (χ4n) is 2.43. The van der Waals surface area contributed by atoms with E-state index in [1.165, 1.54) is 5.56 Å². The van der Waals surface area contributed by atoms with Gasteiger partial charge in [0, 0.05) is 25.6 Å². The van der Waals surface area contributed by atoms with Crippen LogP contribution < -0.4 is 5.32 Å². The van der Waals surface area contributed by atoms with E-state index in [-0.39, 0.29) is 6.04 Å². The van der Waals surface area contributed by atoms with Crippen LogP contribution in [0.15, 0.2) is 30.3 Å². The predicted molar refractivity (Wildman–Crippen MR) is 72.4 cm³/mol. The van der Waals surface area contributed by atoms with Crippen LogP contribution in [0.1, 0.15) is 31.9 Å². The molecule has 1 aromatic carbocycles. The molecule has 1 aliphatic heterocycles. The Morgan fingerprint density at radius 3 is 2.61 bits per heavy atom. The van der Waals surface area contributed by atoms with Crippen molar-refractivity contribution in [2.75, 3.05) is 19.8 Å². The molecular weight excluding hydrogens is 226 g/mol. The zero-order valence-electron chi connectivity index (χ0n) is 11.2. The molecule has 1 aliphatic rings. The van der Waals surface area contributed by atoms with Gasteiger partial charge in [0.1, 0.15) is 5.60 Å². The van der Waals surface area contributed by atoms with Gasteiger partial charge in [-0.2, -0.15) is 0 Å². The van der Waals surface area contributed by atoms with Crippen LogP contribution in [0.5, 0.6) is 0 Å². The first-order valence-electron chi connectivity index (χ1n) is 6.69. The molecule has 2 unspecified atom stereocenters. The Morgan fingerprint density at radius 1 is 1.33 bits per heavy atom. The van der Waals surface area contributed by atoms with Gasteiger partial charge < -0.3 is 15.2 Å².